The molecule has 1 N–H and O–H groups in total. The van der Waals surface area contributed by atoms with E-state index in [0.717, 1.165) is 47.7 Å². The first-order valence-electron chi connectivity index (χ1n) is 9.12. The van der Waals surface area contributed by atoms with Crippen molar-refractivity contribution in [3.8, 4) is 0 Å². The summed E-state index contributed by atoms with van der Waals surface area (Å²) in [5.74, 6) is 1.07. The fourth-order valence-electron chi connectivity index (χ4n) is 3.52. The van der Waals surface area contributed by atoms with Crippen LogP contribution in [0.3, 0.4) is 0 Å². The number of nitrogens with zero attached hydrogens (tertiary/aromatic N) is 4. The molecule has 5 nitrogen and oxygen atoms in total. The number of aromatic nitrogens is 4. The van der Waals surface area contributed by atoms with Crippen LogP contribution in [0.1, 0.15) is 30.8 Å². The summed E-state index contributed by atoms with van der Waals surface area (Å²) in [5, 5.41) is 9.92. The smallest absolute Gasteiger partial charge is 0.136 e. The van der Waals surface area contributed by atoms with Crippen LogP contribution in [0.4, 0.5) is 5.82 Å². The maximum absolute atomic E-state index is 4.79. The van der Waals surface area contributed by atoms with Crippen LogP contribution in [-0.4, -0.2) is 33.3 Å². The summed E-state index contributed by atoms with van der Waals surface area (Å²) in [4.78, 5) is 11.6. The van der Waals surface area contributed by atoms with E-state index < -0.39 is 0 Å². The third kappa shape index (κ3) is 2.90. The molecular weight excluding hydrogens is 322 g/mol. The minimum absolute atomic E-state index is 0.783. The number of anilines is 1. The van der Waals surface area contributed by atoms with Crippen molar-refractivity contribution in [2.75, 3.05) is 18.0 Å². The predicted octanol–water partition coefficient (Wildman–Crippen LogP) is 4.25. The molecule has 0 aliphatic heterocycles. The van der Waals surface area contributed by atoms with Gasteiger partial charge < -0.3 is 4.90 Å². The van der Waals surface area contributed by atoms with Gasteiger partial charge in [0.2, 0.25) is 0 Å². The van der Waals surface area contributed by atoms with E-state index in [1.807, 2.05) is 18.3 Å². The number of hydrogen-bond donors (Lipinski definition) is 1. The molecule has 4 rings (SSSR count). The standard InChI is InChI=1S/C21H23N5/c1-4-26(5-2)21-17-9-8-15(12-16(17)11-14(3)23-21)13-19-20-18(24-25-19)7-6-10-22-20/h6-12H,4-5,13H2,1-3H3,(H,24,25). The van der Waals surface area contributed by atoms with Crippen LogP contribution in [0.5, 0.6) is 0 Å². The highest BCUT2D eigenvalue weighted by Crippen LogP contribution is 2.28. The number of fused-ring (bicyclic) bond motifs is 2. The Morgan fingerprint density at radius 3 is 2.73 bits per heavy atom. The summed E-state index contributed by atoms with van der Waals surface area (Å²) in [6, 6.07) is 12.7. The Morgan fingerprint density at radius 2 is 1.92 bits per heavy atom. The van der Waals surface area contributed by atoms with Gasteiger partial charge in [0.15, 0.2) is 0 Å². The van der Waals surface area contributed by atoms with E-state index >= 15 is 0 Å². The fraction of sp³-hybridized carbons (Fsp3) is 0.286. The quantitative estimate of drug-likeness (QED) is 0.587. The average Bonchev–Trinajstić information content (AvgIpc) is 3.05. The van der Waals surface area contributed by atoms with Crippen molar-refractivity contribution in [1.82, 2.24) is 20.2 Å². The Labute approximate surface area is 153 Å². The second kappa shape index (κ2) is 6.75. The van der Waals surface area contributed by atoms with E-state index in [4.69, 9.17) is 4.98 Å². The zero-order chi connectivity index (χ0) is 18.1. The number of benzene rings is 1. The van der Waals surface area contributed by atoms with Gasteiger partial charge in [0, 0.05) is 36.8 Å². The van der Waals surface area contributed by atoms with Crippen LogP contribution in [-0.2, 0) is 6.42 Å². The highest BCUT2D eigenvalue weighted by molar-refractivity contribution is 5.93. The molecule has 4 aromatic rings. The van der Waals surface area contributed by atoms with E-state index in [1.54, 1.807) is 0 Å². The number of pyridine rings is 2. The fourth-order valence-corrected chi connectivity index (χ4v) is 3.52. The zero-order valence-electron chi connectivity index (χ0n) is 15.5. The van der Waals surface area contributed by atoms with E-state index in [1.165, 1.54) is 16.3 Å². The second-order valence-corrected chi connectivity index (χ2v) is 6.57. The third-order valence-electron chi connectivity index (χ3n) is 4.83. The van der Waals surface area contributed by atoms with Gasteiger partial charge in [-0.25, -0.2) is 4.98 Å². The molecule has 0 unspecified atom stereocenters. The molecule has 0 atom stereocenters. The molecule has 0 fully saturated rings. The zero-order valence-corrected chi connectivity index (χ0v) is 15.5. The first kappa shape index (κ1) is 16.5. The third-order valence-corrected chi connectivity index (χ3v) is 4.83. The van der Waals surface area contributed by atoms with Gasteiger partial charge in [-0.3, -0.25) is 10.1 Å². The normalized spacial score (nSPS) is 11.3. The van der Waals surface area contributed by atoms with Gasteiger partial charge >= 0.3 is 0 Å². The lowest BCUT2D eigenvalue weighted by molar-refractivity contribution is 0.848. The first-order valence-corrected chi connectivity index (χ1v) is 9.12. The summed E-state index contributed by atoms with van der Waals surface area (Å²) < 4.78 is 0. The van der Waals surface area contributed by atoms with E-state index in [9.17, 15) is 0 Å². The monoisotopic (exact) mass is 345 g/mol. The average molecular weight is 345 g/mol. The van der Waals surface area contributed by atoms with Crippen molar-refractivity contribution in [3.63, 3.8) is 0 Å². The van der Waals surface area contributed by atoms with Crippen molar-refractivity contribution < 1.29 is 0 Å². The number of H-pyrrole nitrogens is 1. The summed E-state index contributed by atoms with van der Waals surface area (Å²) in [6.45, 7) is 8.31. The Kier molecular flexibility index (Phi) is 4.29. The van der Waals surface area contributed by atoms with Gasteiger partial charge in [0.1, 0.15) is 16.9 Å². The molecule has 26 heavy (non-hydrogen) atoms. The minimum atomic E-state index is 0.783. The molecule has 0 aliphatic rings. The molecule has 0 aliphatic carbocycles. The predicted molar refractivity (Wildman–Crippen MR) is 107 cm³/mol. The summed E-state index contributed by atoms with van der Waals surface area (Å²) >= 11 is 0. The van der Waals surface area contributed by atoms with Crippen LogP contribution in [0.25, 0.3) is 21.8 Å². The SMILES string of the molecule is CCN(CC)c1nc(C)cc2cc(Cc3[nH]nc4cccnc34)ccc12. The van der Waals surface area contributed by atoms with Crippen LogP contribution < -0.4 is 4.90 Å². The highest BCUT2D eigenvalue weighted by atomic mass is 15.2. The molecule has 1 aromatic carbocycles. The summed E-state index contributed by atoms with van der Waals surface area (Å²) in [7, 11) is 0. The molecule has 0 bridgehead atoms. The molecule has 3 aromatic heterocycles. The molecule has 3 heterocycles. The Hall–Kier alpha value is -2.95. The Balaban J connectivity index is 1.76. The first-order chi connectivity index (χ1) is 12.7. The number of nitrogens with one attached hydrogen (secondary N) is 1. The van der Waals surface area contributed by atoms with Gasteiger partial charge in [0.25, 0.3) is 0 Å². The van der Waals surface area contributed by atoms with Crippen molar-refractivity contribution in [1.29, 1.82) is 0 Å². The number of aromatic amines is 1. The molecule has 0 saturated heterocycles. The van der Waals surface area contributed by atoms with Crippen LogP contribution in [0.2, 0.25) is 0 Å². The minimum Gasteiger partial charge on any atom is -0.357 e. The molecule has 5 heteroatoms. The molecule has 0 spiro atoms. The molecule has 0 saturated carbocycles. The van der Waals surface area contributed by atoms with Gasteiger partial charge in [-0.1, -0.05) is 18.2 Å². The topological polar surface area (TPSA) is 57.7 Å². The van der Waals surface area contributed by atoms with Crippen LogP contribution in [0.15, 0.2) is 42.6 Å². The lowest BCUT2D eigenvalue weighted by Gasteiger charge is -2.22. The highest BCUT2D eigenvalue weighted by Gasteiger charge is 2.12. The summed E-state index contributed by atoms with van der Waals surface area (Å²) in [6.07, 6.45) is 2.60. The van der Waals surface area contributed by atoms with Crippen molar-refractivity contribution in [2.45, 2.75) is 27.2 Å². The molecule has 0 radical (unpaired) electrons. The van der Waals surface area contributed by atoms with E-state index in [2.05, 4.69) is 65.1 Å². The van der Waals surface area contributed by atoms with E-state index in [-0.39, 0.29) is 0 Å². The number of hydrogen-bond acceptors (Lipinski definition) is 4. The van der Waals surface area contributed by atoms with Gasteiger partial charge in [0.05, 0.1) is 5.69 Å². The Bertz CT molecular complexity index is 1060. The van der Waals surface area contributed by atoms with Gasteiger partial charge in [-0.2, -0.15) is 5.10 Å². The number of aryl methyl sites for hydroxylation is 1. The Morgan fingerprint density at radius 1 is 1.08 bits per heavy atom. The van der Waals surface area contributed by atoms with Gasteiger partial charge in [-0.15, -0.1) is 0 Å². The van der Waals surface area contributed by atoms with Crippen LogP contribution in [0, 0.1) is 6.92 Å². The van der Waals surface area contributed by atoms with Gasteiger partial charge in [-0.05, 0) is 49.9 Å². The number of rotatable bonds is 5. The lowest BCUT2D eigenvalue weighted by Crippen LogP contribution is -2.23. The lowest BCUT2D eigenvalue weighted by atomic mass is 10.0. The summed E-state index contributed by atoms with van der Waals surface area (Å²) in [5.41, 5.74) is 5.19. The maximum Gasteiger partial charge on any atom is 0.136 e. The van der Waals surface area contributed by atoms with Crippen LogP contribution >= 0.6 is 0 Å². The van der Waals surface area contributed by atoms with Crippen molar-refractivity contribution in [3.05, 3.63) is 59.5 Å². The van der Waals surface area contributed by atoms with E-state index in [0.29, 0.717) is 0 Å². The largest absolute Gasteiger partial charge is 0.357 e. The molecule has 0 amide bonds. The second-order valence-electron chi connectivity index (χ2n) is 6.57. The molecule has 132 valence electrons. The van der Waals surface area contributed by atoms with Crippen molar-refractivity contribution in [2.24, 2.45) is 0 Å². The maximum atomic E-state index is 4.79. The molecular formula is C21H23N5. The van der Waals surface area contributed by atoms with Crippen molar-refractivity contribution >= 4 is 27.6 Å².